The summed E-state index contributed by atoms with van der Waals surface area (Å²) < 4.78 is 4.74. The highest BCUT2D eigenvalue weighted by atomic mass is 16.5. The molecule has 2 aromatic rings. The minimum absolute atomic E-state index is 0.110. The average molecular weight is 312 g/mol. The largest absolute Gasteiger partial charge is 0.465 e. The Balaban J connectivity index is 1.99. The van der Waals surface area contributed by atoms with Gasteiger partial charge in [-0.15, -0.1) is 0 Å². The quantitative estimate of drug-likeness (QED) is 0.832. The van der Waals surface area contributed by atoms with Crippen LogP contribution < -0.4 is 10.6 Å². The number of amides is 1. The molecular weight excluding hydrogens is 292 g/mol. The summed E-state index contributed by atoms with van der Waals surface area (Å²) in [6.45, 7) is 3.91. The topological polar surface area (TPSA) is 67.4 Å². The van der Waals surface area contributed by atoms with Crippen LogP contribution >= 0.6 is 0 Å². The first-order chi connectivity index (χ1) is 11.0. The van der Waals surface area contributed by atoms with E-state index in [4.69, 9.17) is 4.74 Å². The molecule has 0 atom stereocenters. The fraction of sp³-hybridized carbons (Fsp3) is 0.222. The van der Waals surface area contributed by atoms with E-state index < -0.39 is 5.97 Å². The van der Waals surface area contributed by atoms with Gasteiger partial charge in [-0.05, 0) is 43.7 Å². The molecule has 0 unspecified atom stereocenters. The lowest BCUT2D eigenvalue weighted by atomic mass is 10.1. The van der Waals surface area contributed by atoms with E-state index in [1.165, 1.54) is 7.11 Å². The van der Waals surface area contributed by atoms with Crippen LogP contribution in [0.5, 0.6) is 0 Å². The smallest absolute Gasteiger partial charge is 0.338 e. The Hall–Kier alpha value is -2.82. The Bertz CT molecular complexity index is 709. The van der Waals surface area contributed by atoms with E-state index in [1.54, 1.807) is 12.1 Å². The molecule has 0 aliphatic heterocycles. The van der Waals surface area contributed by atoms with Gasteiger partial charge in [-0.1, -0.05) is 23.8 Å². The number of hydrogen-bond acceptors (Lipinski definition) is 4. The van der Waals surface area contributed by atoms with Gasteiger partial charge in [0.05, 0.1) is 19.2 Å². The number of hydrogen-bond donors (Lipinski definition) is 2. The number of rotatable bonds is 5. The van der Waals surface area contributed by atoms with Crippen molar-refractivity contribution >= 4 is 23.3 Å². The molecule has 5 nitrogen and oxygen atoms in total. The summed E-state index contributed by atoms with van der Waals surface area (Å²) in [5.74, 6) is -0.549. The van der Waals surface area contributed by atoms with Gasteiger partial charge in [0.2, 0.25) is 5.91 Å². The highest BCUT2D eigenvalue weighted by Gasteiger charge is 2.12. The Morgan fingerprint density at radius 1 is 1.04 bits per heavy atom. The van der Waals surface area contributed by atoms with Crippen LogP contribution in [0.1, 0.15) is 21.5 Å². The summed E-state index contributed by atoms with van der Waals surface area (Å²) in [4.78, 5) is 23.7. The Labute approximate surface area is 135 Å². The van der Waals surface area contributed by atoms with Gasteiger partial charge in [0.25, 0.3) is 0 Å². The maximum Gasteiger partial charge on any atom is 0.338 e. The van der Waals surface area contributed by atoms with E-state index in [-0.39, 0.29) is 12.5 Å². The Kier molecular flexibility index (Phi) is 5.36. The maximum absolute atomic E-state index is 12.0. The van der Waals surface area contributed by atoms with Crippen LogP contribution in [0.15, 0.2) is 42.5 Å². The number of nitrogens with one attached hydrogen (secondary N) is 2. The van der Waals surface area contributed by atoms with Crippen LogP contribution in [0.4, 0.5) is 11.4 Å². The summed E-state index contributed by atoms with van der Waals surface area (Å²) in [6, 6.07) is 12.9. The summed E-state index contributed by atoms with van der Waals surface area (Å²) in [5.41, 5.74) is 3.85. The highest BCUT2D eigenvalue weighted by Crippen LogP contribution is 2.19. The minimum Gasteiger partial charge on any atom is -0.465 e. The fourth-order valence-electron chi connectivity index (χ4n) is 2.18. The molecule has 2 N–H and O–H groups in total. The zero-order valence-electron chi connectivity index (χ0n) is 13.5. The summed E-state index contributed by atoms with van der Waals surface area (Å²) in [5, 5.41) is 5.86. The lowest BCUT2D eigenvalue weighted by Crippen LogP contribution is -2.22. The molecule has 1 amide bonds. The molecule has 0 radical (unpaired) electrons. The molecule has 23 heavy (non-hydrogen) atoms. The molecule has 0 fully saturated rings. The lowest BCUT2D eigenvalue weighted by molar-refractivity contribution is -0.114. The molecule has 0 aliphatic carbocycles. The van der Waals surface area contributed by atoms with Crippen LogP contribution in [-0.2, 0) is 9.53 Å². The molecular formula is C18H20N2O3. The number of methoxy groups -OCH3 is 1. The first kappa shape index (κ1) is 16.5. The average Bonchev–Trinajstić information content (AvgIpc) is 2.55. The molecule has 0 heterocycles. The number of benzene rings is 2. The van der Waals surface area contributed by atoms with Crippen molar-refractivity contribution in [3.63, 3.8) is 0 Å². The van der Waals surface area contributed by atoms with Gasteiger partial charge < -0.3 is 15.4 Å². The van der Waals surface area contributed by atoms with Crippen molar-refractivity contribution in [3.8, 4) is 0 Å². The molecule has 0 aromatic heterocycles. The van der Waals surface area contributed by atoms with Gasteiger partial charge in [0.15, 0.2) is 0 Å². The summed E-state index contributed by atoms with van der Waals surface area (Å²) in [7, 11) is 1.34. The van der Waals surface area contributed by atoms with E-state index in [1.807, 2.05) is 44.2 Å². The molecule has 5 heteroatoms. The van der Waals surface area contributed by atoms with Gasteiger partial charge in [-0.3, -0.25) is 4.79 Å². The maximum atomic E-state index is 12.0. The lowest BCUT2D eigenvalue weighted by Gasteiger charge is -2.12. The number of ether oxygens (including phenoxy) is 1. The zero-order chi connectivity index (χ0) is 16.8. The number of anilines is 2. The van der Waals surface area contributed by atoms with Gasteiger partial charge in [-0.2, -0.15) is 0 Å². The second-order valence-electron chi connectivity index (χ2n) is 5.24. The predicted octanol–water partition coefficient (Wildman–Crippen LogP) is 3.14. The van der Waals surface area contributed by atoms with E-state index in [0.717, 1.165) is 22.5 Å². The third-order valence-corrected chi connectivity index (χ3v) is 3.51. The first-order valence-electron chi connectivity index (χ1n) is 7.29. The molecule has 0 saturated carbocycles. The number of aryl methyl sites for hydroxylation is 1. The van der Waals surface area contributed by atoms with Gasteiger partial charge in [0, 0.05) is 11.4 Å². The number of esters is 1. The van der Waals surface area contributed by atoms with Crippen molar-refractivity contribution in [2.45, 2.75) is 13.8 Å². The van der Waals surface area contributed by atoms with Crippen LogP contribution in [0.2, 0.25) is 0 Å². The second kappa shape index (κ2) is 7.45. The normalized spacial score (nSPS) is 10.0. The number of carbonyl (C=O) groups excluding carboxylic acids is 2. The summed E-state index contributed by atoms with van der Waals surface area (Å²) >= 11 is 0. The van der Waals surface area contributed by atoms with E-state index in [9.17, 15) is 9.59 Å². The third kappa shape index (κ3) is 4.32. The van der Waals surface area contributed by atoms with Crippen LogP contribution in [0.3, 0.4) is 0 Å². The van der Waals surface area contributed by atoms with E-state index >= 15 is 0 Å². The third-order valence-electron chi connectivity index (χ3n) is 3.51. The highest BCUT2D eigenvalue weighted by molar-refractivity contribution is 5.95. The van der Waals surface area contributed by atoms with Crippen LogP contribution in [0.25, 0.3) is 0 Å². The standard InChI is InChI=1S/C18H20N2O3/c1-12-7-9-14(10-8-12)20-17(21)11-19-16-6-4-5-15(13(16)2)18(22)23-3/h4-10,19H,11H2,1-3H3,(H,20,21). The molecule has 0 aliphatic rings. The van der Waals surface area contributed by atoms with Crippen molar-refractivity contribution in [3.05, 3.63) is 59.2 Å². The van der Waals surface area contributed by atoms with Crippen molar-refractivity contribution in [1.29, 1.82) is 0 Å². The van der Waals surface area contributed by atoms with E-state index in [0.29, 0.717) is 5.56 Å². The van der Waals surface area contributed by atoms with E-state index in [2.05, 4.69) is 10.6 Å². The molecule has 0 bridgehead atoms. The SMILES string of the molecule is COC(=O)c1cccc(NCC(=O)Nc2ccc(C)cc2)c1C. The summed E-state index contributed by atoms with van der Waals surface area (Å²) in [6.07, 6.45) is 0. The monoisotopic (exact) mass is 312 g/mol. The van der Waals surface area contributed by atoms with Crippen molar-refractivity contribution in [2.75, 3.05) is 24.3 Å². The molecule has 0 spiro atoms. The molecule has 2 rings (SSSR count). The first-order valence-corrected chi connectivity index (χ1v) is 7.29. The fourth-order valence-corrected chi connectivity index (χ4v) is 2.18. The number of carbonyl (C=O) groups is 2. The van der Waals surface area contributed by atoms with Gasteiger partial charge in [-0.25, -0.2) is 4.79 Å². The van der Waals surface area contributed by atoms with Gasteiger partial charge in [0.1, 0.15) is 0 Å². The minimum atomic E-state index is -0.393. The van der Waals surface area contributed by atoms with Crippen molar-refractivity contribution in [2.24, 2.45) is 0 Å². The van der Waals surface area contributed by atoms with Crippen LogP contribution in [-0.4, -0.2) is 25.5 Å². The van der Waals surface area contributed by atoms with Crippen molar-refractivity contribution in [1.82, 2.24) is 0 Å². The van der Waals surface area contributed by atoms with Crippen molar-refractivity contribution < 1.29 is 14.3 Å². The zero-order valence-corrected chi connectivity index (χ0v) is 13.5. The Morgan fingerprint density at radius 2 is 1.74 bits per heavy atom. The molecule has 2 aromatic carbocycles. The van der Waals surface area contributed by atoms with Gasteiger partial charge >= 0.3 is 5.97 Å². The molecule has 0 saturated heterocycles. The predicted molar refractivity (Wildman–Crippen MR) is 90.8 cm³/mol. The molecule has 120 valence electrons. The Morgan fingerprint density at radius 3 is 2.39 bits per heavy atom. The van der Waals surface area contributed by atoms with Crippen LogP contribution in [0, 0.1) is 13.8 Å². The second-order valence-corrected chi connectivity index (χ2v) is 5.24.